The highest BCUT2D eigenvalue weighted by atomic mass is 16.5. The van der Waals surface area contributed by atoms with Gasteiger partial charge in [0.2, 0.25) is 5.91 Å². The first-order chi connectivity index (χ1) is 14.8. The van der Waals surface area contributed by atoms with Gasteiger partial charge in [-0.25, -0.2) is 4.79 Å². The molecule has 2 aliphatic heterocycles. The van der Waals surface area contributed by atoms with Crippen LogP contribution in [0.15, 0.2) is 42.5 Å². The van der Waals surface area contributed by atoms with Gasteiger partial charge in [0.05, 0.1) is 16.7 Å². The molecule has 1 N–H and O–H groups in total. The Morgan fingerprint density at radius 3 is 2.55 bits per heavy atom. The summed E-state index contributed by atoms with van der Waals surface area (Å²) in [6, 6.07) is 10.9. The quantitative estimate of drug-likeness (QED) is 0.582. The van der Waals surface area contributed by atoms with Crippen molar-refractivity contribution in [2.75, 3.05) is 30.4 Å². The normalized spacial score (nSPS) is 15.3. The summed E-state index contributed by atoms with van der Waals surface area (Å²) in [5, 5.41) is 2.54. The first-order valence-electron chi connectivity index (χ1n) is 9.69. The van der Waals surface area contributed by atoms with Crippen molar-refractivity contribution in [1.82, 2.24) is 4.90 Å². The number of hydrogen-bond acceptors (Lipinski definition) is 6. The Morgan fingerprint density at radius 1 is 1.03 bits per heavy atom. The van der Waals surface area contributed by atoms with Gasteiger partial charge in [0.1, 0.15) is 0 Å². The lowest BCUT2D eigenvalue weighted by Gasteiger charge is -2.16. The predicted molar refractivity (Wildman–Crippen MR) is 110 cm³/mol. The van der Waals surface area contributed by atoms with E-state index >= 15 is 0 Å². The van der Waals surface area contributed by atoms with E-state index in [2.05, 4.69) is 5.32 Å². The summed E-state index contributed by atoms with van der Waals surface area (Å²) in [6.45, 7) is 0.0694. The van der Waals surface area contributed by atoms with Crippen LogP contribution in [0.25, 0.3) is 0 Å². The van der Waals surface area contributed by atoms with Gasteiger partial charge in [-0.05, 0) is 42.8 Å². The molecule has 4 rings (SSSR count). The second-order valence-electron chi connectivity index (χ2n) is 7.25. The smallest absolute Gasteiger partial charge is 0.338 e. The van der Waals surface area contributed by atoms with E-state index in [0.29, 0.717) is 24.3 Å². The van der Waals surface area contributed by atoms with E-state index in [1.165, 1.54) is 25.2 Å². The Bertz CT molecular complexity index is 1130. The van der Waals surface area contributed by atoms with Gasteiger partial charge in [0.25, 0.3) is 17.7 Å². The Hall–Kier alpha value is -4.01. The number of amides is 4. The van der Waals surface area contributed by atoms with Crippen LogP contribution >= 0.6 is 0 Å². The molecule has 0 unspecified atom stereocenters. The van der Waals surface area contributed by atoms with E-state index in [4.69, 9.17) is 4.74 Å². The molecule has 1 fully saturated rings. The molecule has 2 aromatic rings. The zero-order chi connectivity index (χ0) is 22.1. The van der Waals surface area contributed by atoms with Crippen molar-refractivity contribution >= 4 is 41.0 Å². The molecule has 4 amide bonds. The maximum Gasteiger partial charge on any atom is 0.338 e. The van der Waals surface area contributed by atoms with Gasteiger partial charge in [0.15, 0.2) is 6.61 Å². The van der Waals surface area contributed by atoms with Crippen molar-refractivity contribution in [1.29, 1.82) is 0 Å². The number of esters is 1. The summed E-state index contributed by atoms with van der Waals surface area (Å²) >= 11 is 0. The summed E-state index contributed by atoms with van der Waals surface area (Å²) < 4.78 is 5.07. The number of nitrogens with zero attached hydrogens (tertiary/aromatic N) is 2. The maximum absolute atomic E-state index is 12.3. The van der Waals surface area contributed by atoms with Crippen LogP contribution in [-0.2, 0) is 14.3 Å². The van der Waals surface area contributed by atoms with Gasteiger partial charge in [0, 0.05) is 31.4 Å². The van der Waals surface area contributed by atoms with E-state index in [0.717, 1.165) is 11.3 Å². The Balaban J connectivity index is 1.36. The Labute approximate surface area is 177 Å². The minimum atomic E-state index is -0.694. The fourth-order valence-corrected chi connectivity index (χ4v) is 3.57. The van der Waals surface area contributed by atoms with Crippen LogP contribution in [0, 0.1) is 0 Å². The minimum Gasteiger partial charge on any atom is -0.452 e. The second kappa shape index (κ2) is 8.02. The molecule has 0 atom stereocenters. The minimum absolute atomic E-state index is 0.00520. The van der Waals surface area contributed by atoms with Crippen molar-refractivity contribution in [2.45, 2.75) is 12.8 Å². The summed E-state index contributed by atoms with van der Waals surface area (Å²) in [6.07, 6.45) is 1.25. The molecular weight excluding hydrogens is 402 g/mol. The average molecular weight is 421 g/mol. The predicted octanol–water partition coefficient (Wildman–Crippen LogP) is 1.83. The molecular formula is C22H19N3O6. The van der Waals surface area contributed by atoms with Crippen LogP contribution in [0.3, 0.4) is 0 Å². The first-order valence-corrected chi connectivity index (χ1v) is 9.69. The Kier molecular flexibility index (Phi) is 5.24. The third-order valence-electron chi connectivity index (χ3n) is 5.17. The molecule has 0 saturated carbocycles. The lowest BCUT2D eigenvalue weighted by atomic mass is 10.1. The van der Waals surface area contributed by atoms with Crippen molar-refractivity contribution < 1.29 is 28.7 Å². The van der Waals surface area contributed by atoms with E-state index in [9.17, 15) is 24.0 Å². The lowest BCUT2D eigenvalue weighted by Crippen LogP contribution is -2.24. The number of carbonyl (C=O) groups excluding carboxylic acids is 5. The SMILES string of the molecule is CN1C(=O)c2ccc(NC(=O)COC(=O)c3cccc(N4CCCC4=O)c3)cc2C1=O. The molecule has 0 bridgehead atoms. The topological polar surface area (TPSA) is 113 Å². The Morgan fingerprint density at radius 2 is 1.81 bits per heavy atom. The fraction of sp³-hybridized carbons (Fsp3) is 0.227. The number of benzene rings is 2. The van der Waals surface area contributed by atoms with E-state index in [-0.39, 0.29) is 22.6 Å². The average Bonchev–Trinajstić information content (AvgIpc) is 3.29. The molecule has 0 aromatic heterocycles. The third kappa shape index (κ3) is 3.89. The zero-order valence-electron chi connectivity index (χ0n) is 16.7. The van der Waals surface area contributed by atoms with Gasteiger partial charge < -0.3 is 15.0 Å². The number of fused-ring (bicyclic) bond motifs is 1. The number of imide groups is 1. The molecule has 2 heterocycles. The van der Waals surface area contributed by atoms with E-state index < -0.39 is 30.3 Å². The molecule has 158 valence electrons. The molecule has 2 aliphatic rings. The monoisotopic (exact) mass is 421 g/mol. The first kappa shape index (κ1) is 20.3. The van der Waals surface area contributed by atoms with Crippen molar-refractivity contribution in [3.05, 3.63) is 59.2 Å². The molecule has 0 radical (unpaired) electrons. The summed E-state index contributed by atoms with van der Waals surface area (Å²) in [4.78, 5) is 63.0. The number of nitrogens with one attached hydrogen (secondary N) is 1. The van der Waals surface area contributed by atoms with Gasteiger partial charge in [-0.3, -0.25) is 24.1 Å². The van der Waals surface area contributed by atoms with Crippen molar-refractivity contribution in [3.63, 3.8) is 0 Å². The van der Waals surface area contributed by atoms with Gasteiger partial charge >= 0.3 is 5.97 Å². The summed E-state index contributed by atoms with van der Waals surface area (Å²) in [7, 11) is 1.39. The lowest BCUT2D eigenvalue weighted by molar-refractivity contribution is -0.119. The van der Waals surface area contributed by atoms with Crippen LogP contribution in [0.4, 0.5) is 11.4 Å². The number of anilines is 2. The van der Waals surface area contributed by atoms with Crippen molar-refractivity contribution in [2.24, 2.45) is 0 Å². The molecule has 1 saturated heterocycles. The molecule has 0 spiro atoms. The number of hydrogen-bond donors (Lipinski definition) is 1. The van der Waals surface area contributed by atoms with E-state index in [1.54, 1.807) is 29.2 Å². The second-order valence-corrected chi connectivity index (χ2v) is 7.25. The zero-order valence-corrected chi connectivity index (χ0v) is 16.7. The van der Waals surface area contributed by atoms with Crippen molar-refractivity contribution in [3.8, 4) is 0 Å². The summed E-state index contributed by atoms with van der Waals surface area (Å²) in [5.74, 6) is -2.13. The molecule has 9 heteroatoms. The number of rotatable bonds is 5. The van der Waals surface area contributed by atoms with Gasteiger partial charge in [-0.2, -0.15) is 0 Å². The van der Waals surface area contributed by atoms with E-state index in [1.807, 2.05) is 0 Å². The number of ether oxygens (including phenoxy) is 1. The van der Waals surface area contributed by atoms with Crippen LogP contribution in [0.2, 0.25) is 0 Å². The van der Waals surface area contributed by atoms with Crippen LogP contribution in [-0.4, -0.2) is 54.7 Å². The fourth-order valence-electron chi connectivity index (χ4n) is 3.57. The highest BCUT2D eigenvalue weighted by molar-refractivity contribution is 6.21. The van der Waals surface area contributed by atoms with Gasteiger partial charge in [-0.1, -0.05) is 6.07 Å². The largest absolute Gasteiger partial charge is 0.452 e. The van der Waals surface area contributed by atoms with Crippen LogP contribution in [0.1, 0.15) is 43.9 Å². The summed E-state index contributed by atoms with van der Waals surface area (Å²) in [5.41, 5.74) is 1.63. The van der Waals surface area contributed by atoms with Crippen LogP contribution in [0.5, 0.6) is 0 Å². The molecule has 0 aliphatic carbocycles. The highest BCUT2D eigenvalue weighted by Crippen LogP contribution is 2.25. The standard InChI is InChI=1S/C22H19N3O6/c1-24-20(28)16-8-7-14(11-17(16)21(24)29)23-18(26)12-31-22(30)13-4-2-5-15(10-13)25-9-3-6-19(25)27/h2,4-5,7-8,10-11H,3,6,9,12H2,1H3,(H,23,26). The van der Waals surface area contributed by atoms with Crippen LogP contribution < -0.4 is 10.2 Å². The molecule has 9 nitrogen and oxygen atoms in total. The van der Waals surface area contributed by atoms with Gasteiger partial charge in [-0.15, -0.1) is 0 Å². The molecule has 2 aromatic carbocycles. The highest BCUT2D eigenvalue weighted by Gasteiger charge is 2.32. The molecule has 31 heavy (non-hydrogen) atoms. The maximum atomic E-state index is 12.3. The number of carbonyl (C=O) groups is 5. The third-order valence-corrected chi connectivity index (χ3v) is 5.17.